The highest BCUT2D eigenvalue weighted by Gasteiger charge is 2.26. The Morgan fingerprint density at radius 1 is 1.37 bits per heavy atom. The number of nitrogens with zero attached hydrogens (tertiary/aromatic N) is 1. The topological polar surface area (TPSA) is 57.6 Å². The smallest absolute Gasteiger partial charge is 0.306 e. The summed E-state index contributed by atoms with van der Waals surface area (Å²) in [6, 6.07) is 3.78. The lowest BCUT2D eigenvalue weighted by Gasteiger charge is -2.30. The average molecular weight is 302 g/mol. The molecule has 0 aliphatic carbocycles. The number of carbonyl (C=O) groups is 2. The summed E-state index contributed by atoms with van der Waals surface area (Å²) < 4.78 is 0.740. The first-order valence-corrected chi connectivity index (χ1v) is 7.50. The van der Waals surface area contributed by atoms with Crippen LogP contribution in [0.1, 0.15) is 24.1 Å². The number of carboxylic acid groups (broad SMARTS) is 1. The molecule has 0 radical (unpaired) electrons. The highest BCUT2D eigenvalue weighted by atomic mass is 35.5. The second kappa shape index (κ2) is 6.39. The first-order chi connectivity index (χ1) is 9.06. The minimum atomic E-state index is -0.750. The molecule has 1 aliphatic heterocycles. The number of carbonyl (C=O) groups excluding carboxylic acids is 1. The molecular weight excluding hydrogens is 286 g/mol. The monoisotopic (exact) mass is 301 g/mol. The molecule has 6 heteroatoms. The number of halogens is 1. The molecule has 0 saturated carbocycles. The lowest BCUT2D eigenvalue weighted by Crippen LogP contribution is -2.40. The van der Waals surface area contributed by atoms with Crippen molar-refractivity contribution in [2.75, 3.05) is 13.1 Å². The van der Waals surface area contributed by atoms with Gasteiger partial charge in [0.1, 0.15) is 0 Å². The summed E-state index contributed by atoms with van der Waals surface area (Å²) in [6.45, 7) is 1.11. The number of likely N-dealkylation sites (tertiary alicyclic amines) is 1. The van der Waals surface area contributed by atoms with Crippen molar-refractivity contribution >= 4 is 34.8 Å². The molecule has 2 heterocycles. The van der Waals surface area contributed by atoms with Gasteiger partial charge in [-0.3, -0.25) is 9.59 Å². The highest BCUT2D eigenvalue weighted by molar-refractivity contribution is 7.16. The zero-order valence-electron chi connectivity index (χ0n) is 10.5. The van der Waals surface area contributed by atoms with E-state index >= 15 is 0 Å². The van der Waals surface area contributed by atoms with Crippen LogP contribution in [0.3, 0.4) is 0 Å². The molecule has 1 N–H and O–H groups in total. The van der Waals surface area contributed by atoms with Crippen LogP contribution in [0.4, 0.5) is 0 Å². The molecule has 1 saturated heterocycles. The molecule has 1 aliphatic rings. The number of thiophene rings is 1. The van der Waals surface area contributed by atoms with Gasteiger partial charge in [0.05, 0.1) is 10.3 Å². The van der Waals surface area contributed by atoms with Gasteiger partial charge in [-0.25, -0.2) is 0 Å². The number of piperidine rings is 1. The van der Waals surface area contributed by atoms with Crippen molar-refractivity contribution in [2.45, 2.75) is 25.7 Å². The zero-order valence-corrected chi connectivity index (χ0v) is 12.0. The first kappa shape index (κ1) is 14.3. The second-order valence-corrected chi connectivity index (χ2v) is 6.50. The van der Waals surface area contributed by atoms with Crippen molar-refractivity contribution in [1.29, 1.82) is 0 Å². The van der Waals surface area contributed by atoms with Crippen molar-refractivity contribution in [3.63, 3.8) is 0 Å². The van der Waals surface area contributed by atoms with Gasteiger partial charge in [0.2, 0.25) is 5.91 Å². The van der Waals surface area contributed by atoms with Crippen molar-refractivity contribution < 1.29 is 14.7 Å². The number of hydrogen-bond donors (Lipinski definition) is 1. The average Bonchev–Trinajstić information content (AvgIpc) is 2.82. The fourth-order valence-corrected chi connectivity index (χ4v) is 3.34. The Bertz CT molecular complexity index is 466. The molecule has 19 heavy (non-hydrogen) atoms. The van der Waals surface area contributed by atoms with Crippen LogP contribution in [-0.2, 0) is 16.0 Å². The van der Waals surface area contributed by atoms with E-state index in [0.717, 1.165) is 9.21 Å². The maximum absolute atomic E-state index is 12.0. The Morgan fingerprint density at radius 3 is 2.58 bits per heavy atom. The van der Waals surface area contributed by atoms with E-state index in [1.54, 1.807) is 4.90 Å². The number of aryl methyl sites for hydroxylation is 1. The molecule has 1 fully saturated rings. The normalized spacial score (nSPS) is 16.6. The van der Waals surface area contributed by atoms with Gasteiger partial charge in [-0.15, -0.1) is 11.3 Å². The van der Waals surface area contributed by atoms with Gasteiger partial charge in [0, 0.05) is 24.4 Å². The molecule has 0 unspecified atom stereocenters. The standard InChI is InChI=1S/C13H16ClNO3S/c14-11-3-1-10(19-11)2-4-12(16)15-7-5-9(6-8-15)13(17)18/h1,3,9H,2,4-8H2,(H,17,18). The SMILES string of the molecule is O=C(O)C1CCN(C(=O)CCc2ccc(Cl)s2)CC1. The summed E-state index contributed by atoms with van der Waals surface area (Å²) in [4.78, 5) is 25.7. The Hall–Kier alpha value is -1.07. The van der Waals surface area contributed by atoms with Gasteiger partial charge in [-0.1, -0.05) is 11.6 Å². The number of hydrogen-bond acceptors (Lipinski definition) is 3. The minimum absolute atomic E-state index is 0.105. The van der Waals surface area contributed by atoms with Gasteiger partial charge >= 0.3 is 5.97 Å². The maximum Gasteiger partial charge on any atom is 0.306 e. The van der Waals surface area contributed by atoms with Crippen LogP contribution in [0.5, 0.6) is 0 Å². The van der Waals surface area contributed by atoms with Crippen LogP contribution < -0.4 is 0 Å². The Labute approximate surface area is 121 Å². The van der Waals surface area contributed by atoms with E-state index in [9.17, 15) is 9.59 Å². The quantitative estimate of drug-likeness (QED) is 0.930. The molecule has 4 nitrogen and oxygen atoms in total. The molecular formula is C13H16ClNO3S. The lowest BCUT2D eigenvalue weighted by molar-refractivity contribution is -0.145. The van der Waals surface area contributed by atoms with Gasteiger partial charge < -0.3 is 10.0 Å². The van der Waals surface area contributed by atoms with Gasteiger partial charge in [-0.2, -0.15) is 0 Å². The molecule has 0 atom stereocenters. The summed E-state index contributed by atoms with van der Waals surface area (Å²) in [5.74, 6) is -0.936. The zero-order chi connectivity index (χ0) is 13.8. The predicted octanol–water partition coefficient (Wildman–Crippen LogP) is 2.66. The van der Waals surface area contributed by atoms with Crippen LogP contribution >= 0.6 is 22.9 Å². The summed E-state index contributed by atoms with van der Waals surface area (Å²) >= 11 is 7.34. The van der Waals surface area contributed by atoms with Crippen LogP contribution in [0, 0.1) is 5.92 Å². The Morgan fingerprint density at radius 2 is 2.05 bits per heavy atom. The fraction of sp³-hybridized carbons (Fsp3) is 0.538. The predicted molar refractivity (Wildman–Crippen MR) is 74.6 cm³/mol. The molecule has 2 rings (SSSR count). The molecule has 104 valence electrons. The third-order valence-electron chi connectivity index (χ3n) is 3.41. The third kappa shape index (κ3) is 3.94. The third-order valence-corrected chi connectivity index (χ3v) is 4.70. The van der Waals surface area contributed by atoms with E-state index in [0.29, 0.717) is 38.8 Å². The maximum atomic E-state index is 12.0. The second-order valence-electron chi connectivity index (χ2n) is 4.70. The van der Waals surface area contributed by atoms with E-state index < -0.39 is 5.97 Å². The molecule has 0 bridgehead atoms. The number of rotatable bonds is 4. The van der Waals surface area contributed by atoms with Crippen molar-refractivity contribution in [3.8, 4) is 0 Å². The van der Waals surface area contributed by atoms with Crippen molar-refractivity contribution in [1.82, 2.24) is 4.90 Å². The van der Waals surface area contributed by atoms with Gasteiger partial charge in [-0.05, 0) is 31.4 Å². The molecule has 0 spiro atoms. The van der Waals surface area contributed by atoms with Gasteiger partial charge in [0.15, 0.2) is 0 Å². The van der Waals surface area contributed by atoms with Crippen LogP contribution in [0.2, 0.25) is 4.34 Å². The molecule has 1 aromatic rings. The van der Waals surface area contributed by atoms with Crippen molar-refractivity contribution in [2.24, 2.45) is 5.92 Å². The van der Waals surface area contributed by atoms with Crippen LogP contribution in [0.25, 0.3) is 0 Å². The highest BCUT2D eigenvalue weighted by Crippen LogP contribution is 2.23. The fourth-order valence-electron chi connectivity index (χ4n) is 2.25. The lowest BCUT2D eigenvalue weighted by atomic mass is 9.97. The number of amides is 1. The van der Waals surface area contributed by atoms with Crippen molar-refractivity contribution in [3.05, 3.63) is 21.3 Å². The Kier molecular flexibility index (Phi) is 4.82. The summed E-state index contributed by atoms with van der Waals surface area (Å²) in [5.41, 5.74) is 0. The summed E-state index contributed by atoms with van der Waals surface area (Å²) in [6.07, 6.45) is 2.29. The molecule has 1 amide bonds. The number of aliphatic carboxylic acids is 1. The van der Waals surface area contributed by atoms with E-state index in [-0.39, 0.29) is 11.8 Å². The van der Waals surface area contributed by atoms with E-state index in [1.165, 1.54) is 11.3 Å². The van der Waals surface area contributed by atoms with Crippen LogP contribution in [-0.4, -0.2) is 35.0 Å². The minimum Gasteiger partial charge on any atom is -0.481 e. The van der Waals surface area contributed by atoms with E-state index in [2.05, 4.69) is 0 Å². The largest absolute Gasteiger partial charge is 0.481 e. The molecule has 0 aromatic carbocycles. The summed E-state index contributed by atoms with van der Waals surface area (Å²) in [7, 11) is 0. The van der Waals surface area contributed by atoms with Gasteiger partial charge in [0.25, 0.3) is 0 Å². The van der Waals surface area contributed by atoms with E-state index in [4.69, 9.17) is 16.7 Å². The first-order valence-electron chi connectivity index (χ1n) is 6.31. The van der Waals surface area contributed by atoms with Crippen LogP contribution in [0.15, 0.2) is 12.1 Å². The number of carboxylic acids is 1. The Balaban J connectivity index is 1.77. The van der Waals surface area contributed by atoms with E-state index in [1.807, 2.05) is 12.1 Å². The summed E-state index contributed by atoms with van der Waals surface area (Å²) in [5, 5.41) is 8.90. The molecule has 1 aromatic heterocycles.